The molecule has 0 radical (unpaired) electrons. The molecule has 0 atom stereocenters. The fraction of sp³-hybridized carbons (Fsp3) is 0.538. The van der Waals surface area contributed by atoms with Crippen LogP contribution in [0.2, 0.25) is 0 Å². The van der Waals surface area contributed by atoms with E-state index in [2.05, 4.69) is 44.4 Å². The molecule has 0 spiro atoms. The quantitative estimate of drug-likeness (QED) is 0.709. The largest absolute Gasteiger partial charge is 0.165 e. The molecular weight excluding hydrogens is 188 g/mol. The monoisotopic (exact) mass is 208 g/mol. The summed E-state index contributed by atoms with van der Waals surface area (Å²) in [5.74, 6) is 1.99. The summed E-state index contributed by atoms with van der Waals surface area (Å²) in [7, 11) is 0. The van der Waals surface area contributed by atoms with Gasteiger partial charge in [-0.1, -0.05) is 38.1 Å². The van der Waals surface area contributed by atoms with Gasteiger partial charge in [0.05, 0.1) is 0 Å². The molecule has 1 aromatic carbocycles. The maximum atomic E-state index is 2.28. The van der Waals surface area contributed by atoms with Crippen LogP contribution in [0.3, 0.4) is 0 Å². The molecule has 0 saturated carbocycles. The summed E-state index contributed by atoms with van der Waals surface area (Å²) in [4.78, 5) is 0. The minimum Gasteiger partial charge on any atom is -0.165 e. The molecule has 78 valence electrons. The van der Waals surface area contributed by atoms with Gasteiger partial charge in [0.2, 0.25) is 0 Å². The van der Waals surface area contributed by atoms with E-state index < -0.39 is 0 Å². The van der Waals surface area contributed by atoms with Crippen LogP contribution in [-0.4, -0.2) is 12.0 Å². The Bertz CT molecular complexity index is 266. The Morgan fingerprint density at radius 1 is 1.14 bits per heavy atom. The molecule has 0 aliphatic heterocycles. The van der Waals surface area contributed by atoms with Crippen LogP contribution < -0.4 is 0 Å². The normalized spacial score (nSPS) is 10.9. The first-order chi connectivity index (χ1) is 6.74. The van der Waals surface area contributed by atoms with E-state index in [4.69, 9.17) is 0 Å². The van der Waals surface area contributed by atoms with Gasteiger partial charge >= 0.3 is 0 Å². The zero-order valence-corrected chi connectivity index (χ0v) is 10.2. The second-order valence-electron chi connectivity index (χ2n) is 4.11. The molecule has 1 rings (SSSR count). The van der Waals surface area contributed by atoms with Gasteiger partial charge in [-0.3, -0.25) is 0 Å². The van der Waals surface area contributed by atoms with E-state index in [1.165, 1.54) is 29.7 Å². The fourth-order valence-electron chi connectivity index (χ4n) is 1.65. The number of hydrogen-bond donors (Lipinski definition) is 0. The molecular formula is C13H20S. The van der Waals surface area contributed by atoms with E-state index in [0.29, 0.717) is 0 Å². The van der Waals surface area contributed by atoms with Crippen LogP contribution in [0.1, 0.15) is 25.0 Å². The molecule has 0 aliphatic rings. The SMILES string of the molecule is CSCCc1ccccc1CC(C)C. The minimum atomic E-state index is 0.755. The number of benzene rings is 1. The van der Waals surface area contributed by atoms with Crippen molar-refractivity contribution in [2.24, 2.45) is 5.92 Å². The van der Waals surface area contributed by atoms with Gasteiger partial charge in [0.1, 0.15) is 0 Å². The molecule has 0 fully saturated rings. The van der Waals surface area contributed by atoms with Crippen LogP contribution in [-0.2, 0) is 12.8 Å². The third-order valence-corrected chi connectivity index (χ3v) is 2.93. The van der Waals surface area contributed by atoms with Crippen molar-refractivity contribution in [3.8, 4) is 0 Å². The maximum absolute atomic E-state index is 2.28. The first kappa shape index (κ1) is 11.6. The van der Waals surface area contributed by atoms with Crippen molar-refractivity contribution in [2.75, 3.05) is 12.0 Å². The molecule has 0 saturated heterocycles. The summed E-state index contributed by atoms with van der Waals surface area (Å²) in [5, 5.41) is 0. The van der Waals surface area contributed by atoms with Gasteiger partial charge in [-0.25, -0.2) is 0 Å². The van der Waals surface area contributed by atoms with Gasteiger partial charge in [-0.15, -0.1) is 0 Å². The number of thioether (sulfide) groups is 1. The van der Waals surface area contributed by atoms with Gasteiger partial charge in [0, 0.05) is 0 Å². The third kappa shape index (κ3) is 3.75. The van der Waals surface area contributed by atoms with Gasteiger partial charge in [0.25, 0.3) is 0 Å². The predicted octanol–water partition coefficient (Wildman–Crippen LogP) is 3.79. The van der Waals surface area contributed by atoms with Crippen LogP contribution in [0, 0.1) is 5.92 Å². The Balaban J connectivity index is 2.69. The van der Waals surface area contributed by atoms with Crippen LogP contribution in [0.4, 0.5) is 0 Å². The van der Waals surface area contributed by atoms with Crippen molar-refractivity contribution in [2.45, 2.75) is 26.7 Å². The van der Waals surface area contributed by atoms with Crippen molar-refractivity contribution in [3.63, 3.8) is 0 Å². The highest BCUT2D eigenvalue weighted by Crippen LogP contribution is 2.15. The van der Waals surface area contributed by atoms with Crippen molar-refractivity contribution >= 4 is 11.8 Å². The molecule has 0 aliphatic carbocycles. The van der Waals surface area contributed by atoms with Gasteiger partial charge in [0.15, 0.2) is 0 Å². The Labute approximate surface area is 92.1 Å². The van der Waals surface area contributed by atoms with Crippen molar-refractivity contribution in [1.29, 1.82) is 0 Å². The summed E-state index contributed by atoms with van der Waals surface area (Å²) in [6.07, 6.45) is 4.60. The number of hydrogen-bond acceptors (Lipinski definition) is 1. The third-order valence-electron chi connectivity index (χ3n) is 2.32. The van der Waals surface area contributed by atoms with E-state index in [1.54, 1.807) is 0 Å². The Morgan fingerprint density at radius 2 is 1.79 bits per heavy atom. The molecule has 0 heterocycles. The Morgan fingerprint density at radius 3 is 2.36 bits per heavy atom. The molecule has 0 amide bonds. The first-order valence-electron chi connectivity index (χ1n) is 5.29. The molecule has 14 heavy (non-hydrogen) atoms. The smallest absolute Gasteiger partial charge is 0.00297 e. The summed E-state index contributed by atoms with van der Waals surface area (Å²) in [6.45, 7) is 4.57. The van der Waals surface area contributed by atoms with Crippen molar-refractivity contribution in [3.05, 3.63) is 35.4 Å². The number of aryl methyl sites for hydroxylation is 1. The van der Waals surface area contributed by atoms with Crippen molar-refractivity contribution < 1.29 is 0 Å². The zero-order valence-electron chi connectivity index (χ0n) is 9.42. The average Bonchev–Trinajstić information content (AvgIpc) is 2.16. The lowest BCUT2D eigenvalue weighted by Gasteiger charge is -2.10. The molecule has 0 unspecified atom stereocenters. The van der Waals surface area contributed by atoms with Gasteiger partial charge < -0.3 is 0 Å². The summed E-state index contributed by atoms with van der Waals surface area (Å²) >= 11 is 1.92. The minimum absolute atomic E-state index is 0.755. The lowest BCUT2D eigenvalue weighted by atomic mass is 9.97. The maximum Gasteiger partial charge on any atom is -0.00297 e. The van der Waals surface area contributed by atoms with Crippen LogP contribution >= 0.6 is 11.8 Å². The van der Waals surface area contributed by atoms with Crippen LogP contribution in [0.15, 0.2) is 24.3 Å². The Hall–Kier alpha value is -0.430. The topological polar surface area (TPSA) is 0 Å². The average molecular weight is 208 g/mol. The van der Waals surface area contributed by atoms with E-state index in [-0.39, 0.29) is 0 Å². The summed E-state index contributed by atoms with van der Waals surface area (Å²) in [6, 6.07) is 8.85. The first-order valence-corrected chi connectivity index (χ1v) is 6.69. The molecule has 1 aromatic rings. The van der Waals surface area contributed by atoms with E-state index in [0.717, 1.165) is 5.92 Å². The zero-order chi connectivity index (χ0) is 10.4. The highest BCUT2D eigenvalue weighted by Gasteiger charge is 2.03. The standard InChI is InChI=1S/C13H20S/c1-11(2)10-13-7-5-4-6-12(13)8-9-14-3/h4-7,11H,8-10H2,1-3H3. The predicted molar refractivity (Wildman–Crippen MR) is 67.1 cm³/mol. The highest BCUT2D eigenvalue weighted by atomic mass is 32.2. The van der Waals surface area contributed by atoms with Crippen molar-refractivity contribution in [1.82, 2.24) is 0 Å². The second kappa shape index (κ2) is 6.13. The molecule has 0 bridgehead atoms. The molecule has 0 aromatic heterocycles. The van der Waals surface area contributed by atoms with Gasteiger partial charge in [-0.2, -0.15) is 11.8 Å². The van der Waals surface area contributed by atoms with E-state index >= 15 is 0 Å². The fourth-order valence-corrected chi connectivity index (χ4v) is 2.08. The lowest BCUT2D eigenvalue weighted by Crippen LogP contribution is -2.00. The summed E-state index contributed by atoms with van der Waals surface area (Å²) < 4.78 is 0. The summed E-state index contributed by atoms with van der Waals surface area (Å²) in [5.41, 5.74) is 3.08. The molecule has 0 N–H and O–H groups in total. The van der Waals surface area contributed by atoms with E-state index in [9.17, 15) is 0 Å². The lowest BCUT2D eigenvalue weighted by molar-refractivity contribution is 0.643. The highest BCUT2D eigenvalue weighted by molar-refractivity contribution is 7.98. The van der Waals surface area contributed by atoms with Crippen LogP contribution in [0.5, 0.6) is 0 Å². The Kier molecular flexibility index (Phi) is 5.10. The number of rotatable bonds is 5. The molecule has 0 nitrogen and oxygen atoms in total. The van der Waals surface area contributed by atoms with E-state index in [1.807, 2.05) is 11.8 Å². The van der Waals surface area contributed by atoms with Gasteiger partial charge in [-0.05, 0) is 41.9 Å². The molecule has 1 heteroatoms. The van der Waals surface area contributed by atoms with Crippen LogP contribution in [0.25, 0.3) is 0 Å². The second-order valence-corrected chi connectivity index (χ2v) is 5.10.